The molecule has 0 radical (unpaired) electrons. The van der Waals surface area contributed by atoms with Crippen molar-refractivity contribution in [3.8, 4) is 11.5 Å². The Morgan fingerprint density at radius 2 is 1.67 bits per heavy atom. The highest BCUT2D eigenvalue weighted by Gasteiger charge is 2.23. The number of aromatic carboxylic acids is 1. The largest absolute Gasteiger partial charge is 0.490 e. The highest BCUT2D eigenvalue weighted by Crippen LogP contribution is 2.36. The Balaban J connectivity index is 1.97. The predicted octanol–water partition coefficient (Wildman–Crippen LogP) is 3.47. The van der Waals surface area contributed by atoms with Gasteiger partial charge in [0, 0.05) is 18.6 Å². The summed E-state index contributed by atoms with van der Waals surface area (Å²) in [5.41, 5.74) is 0.733. The Morgan fingerprint density at radius 3 is 2.22 bits per heavy atom. The maximum atomic E-state index is 12.7. The number of anilines is 1. The smallest absolute Gasteiger partial charge is 0.337 e. The van der Waals surface area contributed by atoms with Crippen molar-refractivity contribution in [3.05, 3.63) is 47.5 Å². The first-order valence-corrected chi connectivity index (χ1v) is 10.1. The number of hydrogen-bond acceptors (Lipinski definition) is 5. The lowest BCUT2D eigenvalue weighted by Crippen LogP contribution is -2.16. The number of carboxylic acid groups (broad SMARTS) is 1. The average Bonchev–Trinajstić information content (AvgIpc) is 2.85. The maximum absolute atomic E-state index is 12.7. The molecule has 0 saturated carbocycles. The number of carboxylic acids is 1. The minimum Gasteiger partial charge on any atom is -0.490 e. The summed E-state index contributed by atoms with van der Waals surface area (Å²) in [4.78, 5) is 11.7. The van der Waals surface area contributed by atoms with Gasteiger partial charge in [-0.2, -0.15) is 0 Å². The number of hydrogen-bond donors (Lipinski definition) is 2. The Hall–Kier alpha value is -2.74. The molecule has 1 heterocycles. The molecule has 7 nitrogen and oxygen atoms in total. The Bertz CT molecular complexity index is 951. The Labute approximate surface area is 158 Å². The van der Waals surface area contributed by atoms with Crippen LogP contribution in [0.3, 0.4) is 0 Å². The minimum atomic E-state index is -3.96. The van der Waals surface area contributed by atoms with Crippen LogP contribution in [0.25, 0.3) is 0 Å². The summed E-state index contributed by atoms with van der Waals surface area (Å²) in [5, 5.41) is 9.47. The van der Waals surface area contributed by atoms with Crippen molar-refractivity contribution in [1.82, 2.24) is 0 Å². The fourth-order valence-corrected chi connectivity index (χ4v) is 3.78. The lowest BCUT2D eigenvalue weighted by molar-refractivity contribution is 0.0697. The van der Waals surface area contributed by atoms with E-state index in [1.54, 1.807) is 12.1 Å². The van der Waals surface area contributed by atoms with Crippen molar-refractivity contribution in [2.45, 2.75) is 31.1 Å². The Morgan fingerprint density at radius 1 is 1.07 bits per heavy atom. The van der Waals surface area contributed by atoms with Crippen molar-refractivity contribution in [3.63, 3.8) is 0 Å². The predicted molar refractivity (Wildman–Crippen MR) is 100 cm³/mol. The summed E-state index contributed by atoms with van der Waals surface area (Å²) >= 11 is 0. The molecule has 1 aliphatic heterocycles. The van der Waals surface area contributed by atoms with E-state index in [1.807, 2.05) is 13.8 Å². The zero-order chi connectivity index (χ0) is 19.6. The van der Waals surface area contributed by atoms with Gasteiger partial charge >= 0.3 is 5.97 Å². The number of rotatable bonds is 5. The van der Waals surface area contributed by atoms with Gasteiger partial charge in [0.05, 0.1) is 29.4 Å². The first-order chi connectivity index (χ1) is 12.8. The molecule has 0 aliphatic carbocycles. The van der Waals surface area contributed by atoms with E-state index in [0.29, 0.717) is 25.4 Å². The third-order valence-electron chi connectivity index (χ3n) is 4.22. The van der Waals surface area contributed by atoms with Crippen molar-refractivity contribution in [2.75, 3.05) is 17.9 Å². The van der Waals surface area contributed by atoms with Crippen LogP contribution in [0.15, 0.2) is 41.3 Å². The quantitative estimate of drug-likeness (QED) is 0.809. The van der Waals surface area contributed by atoms with Crippen LogP contribution in [0, 0.1) is 0 Å². The van der Waals surface area contributed by atoms with Crippen molar-refractivity contribution in [2.24, 2.45) is 0 Å². The van der Waals surface area contributed by atoms with Gasteiger partial charge in [0.2, 0.25) is 0 Å². The van der Waals surface area contributed by atoms with Crippen LogP contribution in [0.2, 0.25) is 0 Å². The van der Waals surface area contributed by atoms with Crippen LogP contribution in [0.5, 0.6) is 11.5 Å². The number of carbonyl (C=O) groups is 1. The van der Waals surface area contributed by atoms with E-state index in [2.05, 4.69) is 4.72 Å². The fraction of sp³-hybridized carbons (Fsp3) is 0.316. The van der Waals surface area contributed by atoms with Gasteiger partial charge in [0.15, 0.2) is 11.5 Å². The first kappa shape index (κ1) is 19.0. The molecule has 2 aromatic rings. The summed E-state index contributed by atoms with van der Waals surface area (Å²) in [6.45, 7) is 4.83. The van der Waals surface area contributed by atoms with Gasteiger partial charge in [0.1, 0.15) is 0 Å². The molecule has 3 rings (SSSR count). The molecule has 0 unspecified atom stereocenters. The highest BCUT2D eigenvalue weighted by molar-refractivity contribution is 7.92. The first-order valence-electron chi connectivity index (χ1n) is 8.57. The van der Waals surface area contributed by atoms with E-state index >= 15 is 0 Å². The minimum absolute atomic E-state index is 0.0513. The van der Waals surface area contributed by atoms with Crippen LogP contribution in [0.1, 0.15) is 42.1 Å². The molecule has 0 atom stereocenters. The van der Waals surface area contributed by atoms with E-state index in [-0.39, 0.29) is 27.8 Å². The van der Waals surface area contributed by atoms with Gasteiger partial charge in [-0.25, -0.2) is 13.2 Å². The second-order valence-electron chi connectivity index (χ2n) is 6.53. The molecule has 2 aromatic carbocycles. The zero-order valence-corrected chi connectivity index (χ0v) is 15.9. The molecule has 0 fully saturated rings. The molecular weight excluding hydrogens is 370 g/mol. The number of sulfonamides is 1. The number of nitrogens with one attached hydrogen (secondary N) is 1. The summed E-state index contributed by atoms with van der Waals surface area (Å²) in [6, 6.07) is 9.12. The van der Waals surface area contributed by atoms with E-state index < -0.39 is 16.0 Å². The summed E-state index contributed by atoms with van der Waals surface area (Å²) < 4.78 is 38.8. The number of ether oxygens (including phenoxy) is 2. The number of fused-ring (bicyclic) bond motifs is 1. The van der Waals surface area contributed by atoms with Crippen LogP contribution in [0.4, 0.5) is 5.69 Å². The van der Waals surface area contributed by atoms with Crippen LogP contribution < -0.4 is 14.2 Å². The summed E-state index contributed by atoms with van der Waals surface area (Å²) in [5.74, 6) is -0.395. The zero-order valence-electron chi connectivity index (χ0n) is 15.1. The van der Waals surface area contributed by atoms with Gasteiger partial charge in [-0.15, -0.1) is 0 Å². The highest BCUT2D eigenvalue weighted by atomic mass is 32.2. The lowest BCUT2D eigenvalue weighted by atomic mass is 10.0. The molecule has 8 heteroatoms. The van der Waals surface area contributed by atoms with E-state index in [4.69, 9.17) is 9.47 Å². The Kier molecular flexibility index (Phi) is 5.27. The molecule has 27 heavy (non-hydrogen) atoms. The molecule has 0 saturated heterocycles. The van der Waals surface area contributed by atoms with Crippen molar-refractivity contribution < 1.29 is 27.8 Å². The van der Waals surface area contributed by atoms with Crippen molar-refractivity contribution >= 4 is 21.7 Å². The van der Waals surface area contributed by atoms with Crippen LogP contribution in [-0.4, -0.2) is 32.7 Å². The molecule has 1 aliphatic rings. The molecule has 0 bridgehead atoms. The summed E-state index contributed by atoms with van der Waals surface area (Å²) in [7, 11) is -3.96. The topological polar surface area (TPSA) is 102 Å². The van der Waals surface area contributed by atoms with Crippen LogP contribution in [-0.2, 0) is 10.0 Å². The van der Waals surface area contributed by atoms with E-state index in [0.717, 1.165) is 5.56 Å². The van der Waals surface area contributed by atoms with Crippen LogP contribution >= 0.6 is 0 Å². The van der Waals surface area contributed by atoms with Gasteiger partial charge in [0.25, 0.3) is 10.0 Å². The third-order valence-corrected chi connectivity index (χ3v) is 5.60. The van der Waals surface area contributed by atoms with Gasteiger partial charge in [-0.05, 0) is 23.6 Å². The number of benzene rings is 2. The van der Waals surface area contributed by atoms with Gasteiger partial charge in [-0.1, -0.05) is 26.0 Å². The molecule has 0 spiro atoms. The van der Waals surface area contributed by atoms with E-state index in [1.165, 1.54) is 24.3 Å². The lowest BCUT2D eigenvalue weighted by Gasteiger charge is -2.15. The molecule has 144 valence electrons. The molecule has 0 aromatic heterocycles. The standard InChI is InChI=1S/C19H21NO6S/c1-12(2)13-4-6-14(7-5-13)27(23,24)20-16-11-18-17(10-15(16)19(21)22)25-8-3-9-26-18/h4-7,10-12,20H,3,8-9H2,1-2H3,(H,21,22). The molecular formula is C19H21NO6S. The summed E-state index contributed by atoms with van der Waals surface area (Å²) in [6.07, 6.45) is 0.653. The molecule has 2 N–H and O–H groups in total. The second-order valence-corrected chi connectivity index (χ2v) is 8.21. The normalized spacial score (nSPS) is 13.9. The molecule has 0 amide bonds. The van der Waals surface area contributed by atoms with Gasteiger partial charge < -0.3 is 14.6 Å². The van der Waals surface area contributed by atoms with E-state index in [9.17, 15) is 18.3 Å². The van der Waals surface area contributed by atoms with Gasteiger partial charge in [-0.3, -0.25) is 4.72 Å². The average molecular weight is 391 g/mol. The monoisotopic (exact) mass is 391 g/mol. The second kappa shape index (κ2) is 7.48. The SMILES string of the molecule is CC(C)c1ccc(S(=O)(=O)Nc2cc3c(cc2C(=O)O)OCCCO3)cc1. The third kappa shape index (κ3) is 4.16. The fourth-order valence-electron chi connectivity index (χ4n) is 2.71. The maximum Gasteiger partial charge on any atom is 0.337 e. The van der Waals surface area contributed by atoms with Crippen molar-refractivity contribution in [1.29, 1.82) is 0 Å².